The predicted octanol–water partition coefficient (Wildman–Crippen LogP) is 13.6. The summed E-state index contributed by atoms with van der Waals surface area (Å²) in [7, 11) is 0. The summed E-state index contributed by atoms with van der Waals surface area (Å²) in [6.45, 7) is 8.95. The first-order chi connectivity index (χ1) is 31.8. The van der Waals surface area contributed by atoms with Gasteiger partial charge in [-0.15, -0.1) is 71.8 Å². The first-order valence-corrected chi connectivity index (χ1v) is 21.9. The second-order valence-electron chi connectivity index (χ2n) is 16.9. The Morgan fingerprint density at radius 3 is 1.34 bits per heavy atom. The van der Waals surface area contributed by atoms with Gasteiger partial charge in [0.1, 0.15) is 12.7 Å². The summed E-state index contributed by atoms with van der Waals surface area (Å²) in [6, 6.07) is 58.7. The van der Waals surface area contributed by atoms with E-state index < -0.39 is 0 Å². The van der Waals surface area contributed by atoms with E-state index in [9.17, 15) is 0 Å². The zero-order chi connectivity index (χ0) is 44.3. The molecule has 0 aliphatic heterocycles. The van der Waals surface area contributed by atoms with Crippen molar-refractivity contribution in [3.05, 3.63) is 194 Å². The average molecular weight is 1240 g/mol. The van der Waals surface area contributed by atoms with Crippen molar-refractivity contribution in [3.63, 3.8) is 0 Å². The quantitative estimate of drug-likeness (QED) is 0.106. The van der Waals surface area contributed by atoms with Crippen molar-refractivity contribution in [2.45, 2.75) is 40.5 Å². The van der Waals surface area contributed by atoms with Crippen LogP contribution in [0.3, 0.4) is 0 Å². The van der Waals surface area contributed by atoms with Crippen molar-refractivity contribution >= 4 is 21.8 Å². The van der Waals surface area contributed by atoms with E-state index in [0.29, 0.717) is 51.8 Å². The molecule has 0 fully saturated rings. The zero-order valence-electron chi connectivity index (χ0n) is 37.2. The van der Waals surface area contributed by atoms with Gasteiger partial charge in [0.15, 0.2) is 0 Å². The third-order valence-corrected chi connectivity index (χ3v) is 11.1. The molecule has 8 nitrogen and oxygen atoms in total. The van der Waals surface area contributed by atoms with Crippen molar-refractivity contribution < 1.29 is 51.6 Å². The number of rotatable bonds is 13. The molecule has 0 saturated heterocycles. The SMILES string of the molecule is CC(C)Cc1cc(-c2[c-]c(Oc3[c-]c4c(cc3)c3ccc(Oc5[c-]c(-c6cc(CC(C)C)c(-c7ccccc7)cn6)ccc5)[c-]c3n4-c3ncncn3)ccc2)ncc1-c1ccccc1.[Pt+2].[Pt+2]. The van der Waals surface area contributed by atoms with Gasteiger partial charge in [0.05, 0.1) is 0 Å². The Kier molecular flexibility index (Phi) is 14.7. The fourth-order valence-electron chi connectivity index (χ4n) is 8.31. The van der Waals surface area contributed by atoms with Gasteiger partial charge in [-0.3, -0.25) is 0 Å². The molecule has 10 heteroatoms. The minimum Gasteiger partial charge on any atom is -0.503 e. The maximum atomic E-state index is 6.48. The van der Waals surface area contributed by atoms with Crippen LogP contribution in [0.25, 0.3) is 72.5 Å². The number of hydrogen-bond acceptors (Lipinski definition) is 7. The summed E-state index contributed by atoms with van der Waals surface area (Å²) in [5, 5.41) is 1.84. The van der Waals surface area contributed by atoms with E-state index in [1.165, 1.54) is 23.8 Å². The van der Waals surface area contributed by atoms with E-state index in [1.807, 2.05) is 89.8 Å². The number of nitrogens with zero attached hydrogens (tertiary/aromatic N) is 6. The van der Waals surface area contributed by atoms with Crippen LogP contribution < -0.4 is 9.47 Å². The Morgan fingerprint density at radius 2 is 0.910 bits per heavy atom. The van der Waals surface area contributed by atoms with E-state index in [0.717, 1.165) is 68.4 Å². The van der Waals surface area contributed by atoms with Gasteiger partial charge in [0.25, 0.3) is 0 Å². The summed E-state index contributed by atoms with van der Waals surface area (Å²) >= 11 is 0. The van der Waals surface area contributed by atoms with Crippen LogP contribution in [0.4, 0.5) is 0 Å². The predicted molar refractivity (Wildman–Crippen MR) is 257 cm³/mol. The third kappa shape index (κ3) is 10.4. The average Bonchev–Trinajstić information content (AvgIpc) is 3.65. The first kappa shape index (κ1) is 46.9. The summed E-state index contributed by atoms with van der Waals surface area (Å²) in [4.78, 5) is 22.9. The van der Waals surface area contributed by atoms with Gasteiger partial charge in [0, 0.05) is 46.5 Å². The minimum absolute atomic E-state index is 0. The molecule has 0 N–H and O–H groups in total. The molecule has 10 aromatic rings. The Hall–Kier alpha value is -6.59. The summed E-state index contributed by atoms with van der Waals surface area (Å²) in [5.74, 6) is 3.46. The number of hydrogen-bond donors (Lipinski definition) is 0. The molecular weight excluding hydrogens is 1190 g/mol. The Bertz CT molecular complexity index is 3090. The maximum absolute atomic E-state index is 6.48. The van der Waals surface area contributed by atoms with Gasteiger partial charge in [0.2, 0.25) is 5.95 Å². The Labute approximate surface area is 420 Å². The maximum Gasteiger partial charge on any atom is 2.00 e. The second kappa shape index (κ2) is 20.9. The molecule has 0 amide bonds. The molecular formula is C57H44N6O2Pt2. The van der Waals surface area contributed by atoms with Crippen LogP contribution >= 0.6 is 0 Å². The van der Waals surface area contributed by atoms with Gasteiger partial charge in [-0.05, 0) is 58.3 Å². The largest absolute Gasteiger partial charge is 2.00 e. The third-order valence-electron chi connectivity index (χ3n) is 11.1. The standard InChI is InChI=1S/C57H44N6O2.2Pt/c1-37(2)25-43-29-53(59-33-51(43)39-13-7-5-8-14-39)41-17-11-19-45(27-41)64-47-21-23-49-50-24-22-48(32-56(50)63(55(49)31-47)57-61-35-58-36-62-57)65-46-20-12-18-42(28-46)54-30-44(26-38(3)4)52(34-60-54)40-15-9-6-10-16-40;;/h5-24,29-30,33-38H,25-26H2,1-4H3;;/q-4;2*+2. The molecule has 6 aromatic carbocycles. The van der Waals surface area contributed by atoms with Gasteiger partial charge < -0.3 is 24.0 Å². The van der Waals surface area contributed by atoms with Crippen LogP contribution in [0.1, 0.15) is 38.8 Å². The van der Waals surface area contributed by atoms with Crippen molar-refractivity contribution in [2.75, 3.05) is 0 Å². The normalized spacial score (nSPS) is 11.1. The number of benzene rings is 6. The van der Waals surface area contributed by atoms with E-state index >= 15 is 0 Å². The fraction of sp³-hybridized carbons (Fsp3) is 0.140. The van der Waals surface area contributed by atoms with Crippen LogP contribution in [0, 0.1) is 36.1 Å². The van der Waals surface area contributed by atoms with Crippen LogP contribution in [0.5, 0.6) is 23.0 Å². The minimum atomic E-state index is 0. The zero-order valence-corrected chi connectivity index (χ0v) is 41.8. The van der Waals surface area contributed by atoms with Crippen molar-refractivity contribution in [2.24, 2.45) is 11.8 Å². The van der Waals surface area contributed by atoms with Crippen molar-refractivity contribution in [1.29, 1.82) is 0 Å². The molecule has 0 bridgehead atoms. The molecule has 67 heavy (non-hydrogen) atoms. The van der Waals surface area contributed by atoms with E-state index in [2.05, 4.69) is 128 Å². The van der Waals surface area contributed by atoms with E-state index in [-0.39, 0.29) is 42.1 Å². The molecule has 10 rings (SSSR count). The molecule has 0 aliphatic rings. The smallest absolute Gasteiger partial charge is 0.503 e. The van der Waals surface area contributed by atoms with Gasteiger partial charge >= 0.3 is 42.1 Å². The number of pyridine rings is 2. The molecule has 0 saturated carbocycles. The van der Waals surface area contributed by atoms with Gasteiger partial charge in [-0.1, -0.05) is 124 Å². The monoisotopic (exact) mass is 1230 g/mol. The molecule has 0 atom stereocenters. The van der Waals surface area contributed by atoms with E-state index in [4.69, 9.17) is 19.4 Å². The van der Waals surface area contributed by atoms with E-state index in [1.54, 1.807) is 0 Å². The topological polar surface area (TPSA) is 87.8 Å². The Balaban J connectivity index is 0.00000304. The fourth-order valence-corrected chi connectivity index (χ4v) is 8.31. The van der Waals surface area contributed by atoms with Gasteiger partial charge in [-0.2, -0.15) is 22.9 Å². The van der Waals surface area contributed by atoms with Gasteiger partial charge in [-0.25, -0.2) is 15.0 Å². The molecule has 4 heterocycles. The summed E-state index contributed by atoms with van der Waals surface area (Å²) in [6.07, 6.45) is 8.75. The molecule has 0 aliphatic carbocycles. The van der Waals surface area contributed by atoms with Crippen LogP contribution in [0.15, 0.2) is 159 Å². The number of aromatic nitrogens is 6. The number of fused-ring (bicyclic) bond motifs is 3. The van der Waals surface area contributed by atoms with Crippen molar-refractivity contribution in [3.8, 4) is 73.7 Å². The van der Waals surface area contributed by atoms with Crippen LogP contribution in [-0.2, 0) is 55.0 Å². The molecule has 334 valence electrons. The molecule has 0 radical (unpaired) electrons. The Morgan fingerprint density at radius 1 is 0.478 bits per heavy atom. The molecule has 0 spiro atoms. The summed E-state index contributed by atoms with van der Waals surface area (Å²) < 4.78 is 14.9. The van der Waals surface area contributed by atoms with Crippen LogP contribution in [0.2, 0.25) is 0 Å². The molecule has 0 unspecified atom stereocenters. The van der Waals surface area contributed by atoms with Crippen molar-refractivity contribution in [1.82, 2.24) is 29.5 Å². The number of ether oxygens (including phenoxy) is 2. The first-order valence-electron chi connectivity index (χ1n) is 21.9. The molecule has 4 aromatic heterocycles. The van der Waals surface area contributed by atoms with Crippen LogP contribution in [-0.4, -0.2) is 29.5 Å². The second-order valence-corrected chi connectivity index (χ2v) is 16.9. The summed E-state index contributed by atoms with van der Waals surface area (Å²) in [5.41, 5.74) is 11.9.